The fourth-order valence-corrected chi connectivity index (χ4v) is 0.666. The van der Waals surface area contributed by atoms with Crippen molar-refractivity contribution in [2.24, 2.45) is 0 Å². The van der Waals surface area contributed by atoms with Crippen LogP contribution in [-0.2, 0) is 4.79 Å². The standard InChI is InChI=1S/C7H6O2.BH3/c1-5-3-2-4-6(5)7(8)9;/h2-4H,1H2,(H,8,9);1H3. The van der Waals surface area contributed by atoms with Crippen LogP contribution in [0.25, 0.3) is 0 Å². The second-order valence-electron chi connectivity index (χ2n) is 1.77. The molecule has 0 saturated carbocycles. The first-order valence-electron chi connectivity index (χ1n) is 2.53. The SMILES string of the molecule is B.C=C1C=CC=C1C(=O)O. The third-order valence-corrected chi connectivity index (χ3v) is 1.14. The molecule has 0 fully saturated rings. The molecule has 0 amide bonds. The van der Waals surface area contributed by atoms with Gasteiger partial charge in [0.2, 0.25) is 0 Å². The van der Waals surface area contributed by atoms with E-state index >= 15 is 0 Å². The third kappa shape index (κ3) is 1.38. The van der Waals surface area contributed by atoms with Crippen LogP contribution in [-0.4, -0.2) is 19.5 Å². The predicted octanol–water partition coefficient (Wildman–Crippen LogP) is -0.0605. The predicted molar refractivity (Wildman–Crippen MR) is 43.9 cm³/mol. The molecule has 2 nitrogen and oxygen atoms in total. The van der Waals surface area contributed by atoms with Crippen LogP contribution in [0.1, 0.15) is 0 Å². The molecular formula is C7H9BO2. The van der Waals surface area contributed by atoms with Crippen LogP contribution in [0.5, 0.6) is 0 Å². The van der Waals surface area contributed by atoms with Crippen LogP contribution in [0.3, 0.4) is 0 Å². The smallest absolute Gasteiger partial charge is 0.336 e. The highest BCUT2D eigenvalue weighted by Crippen LogP contribution is 2.15. The van der Waals surface area contributed by atoms with E-state index in [1.807, 2.05) is 0 Å². The van der Waals surface area contributed by atoms with E-state index < -0.39 is 5.97 Å². The van der Waals surface area contributed by atoms with Crippen molar-refractivity contribution in [3.8, 4) is 0 Å². The first-order chi connectivity index (χ1) is 4.22. The van der Waals surface area contributed by atoms with Gasteiger partial charge in [0.1, 0.15) is 0 Å². The van der Waals surface area contributed by atoms with E-state index in [1.54, 1.807) is 12.2 Å². The number of rotatable bonds is 1. The molecule has 0 bridgehead atoms. The Morgan fingerprint density at radius 3 is 2.40 bits per heavy atom. The Hall–Kier alpha value is -1.25. The molecule has 0 radical (unpaired) electrons. The third-order valence-electron chi connectivity index (χ3n) is 1.14. The molecule has 1 aliphatic rings. The summed E-state index contributed by atoms with van der Waals surface area (Å²) in [6.45, 7) is 3.52. The first kappa shape index (κ1) is 8.75. The van der Waals surface area contributed by atoms with Gasteiger partial charge in [-0.15, -0.1) is 0 Å². The van der Waals surface area contributed by atoms with Crippen LogP contribution in [0.4, 0.5) is 0 Å². The first-order valence-corrected chi connectivity index (χ1v) is 2.53. The van der Waals surface area contributed by atoms with Crippen molar-refractivity contribution < 1.29 is 9.90 Å². The van der Waals surface area contributed by atoms with E-state index in [4.69, 9.17) is 5.11 Å². The van der Waals surface area contributed by atoms with Gasteiger partial charge in [-0.25, -0.2) is 4.79 Å². The molecule has 0 aromatic carbocycles. The summed E-state index contributed by atoms with van der Waals surface area (Å²) in [5, 5.41) is 8.41. The van der Waals surface area contributed by atoms with Crippen molar-refractivity contribution in [1.29, 1.82) is 0 Å². The van der Waals surface area contributed by atoms with Crippen LogP contribution in [0.15, 0.2) is 36.0 Å². The molecule has 0 unspecified atom stereocenters. The van der Waals surface area contributed by atoms with Gasteiger partial charge < -0.3 is 5.11 Å². The van der Waals surface area contributed by atoms with Crippen LogP contribution in [0, 0.1) is 0 Å². The lowest BCUT2D eigenvalue weighted by molar-refractivity contribution is -0.132. The minimum absolute atomic E-state index is 0. The fraction of sp³-hybridized carbons (Fsp3) is 0. The number of aliphatic carboxylic acids is 1. The van der Waals surface area contributed by atoms with Gasteiger partial charge >= 0.3 is 5.97 Å². The summed E-state index contributed by atoms with van der Waals surface area (Å²) in [6.07, 6.45) is 4.87. The summed E-state index contributed by atoms with van der Waals surface area (Å²) in [5.41, 5.74) is 0.859. The van der Waals surface area contributed by atoms with E-state index in [1.165, 1.54) is 6.08 Å². The molecule has 1 N–H and O–H groups in total. The van der Waals surface area contributed by atoms with Crippen LogP contribution in [0.2, 0.25) is 0 Å². The van der Waals surface area contributed by atoms with E-state index in [-0.39, 0.29) is 14.0 Å². The zero-order chi connectivity index (χ0) is 6.85. The summed E-state index contributed by atoms with van der Waals surface area (Å²) in [6, 6.07) is 0. The fourth-order valence-electron chi connectivity index (χ4n) is 0.666. The van der Waals surface area contributed by atoms with Gasteiger partial charge in [0.05, 0.1) is 14.0 Å². The number of allylic oxidation sites excluding steroid dienone is 3. The second kappa shape index (κ2) is 3.06. The van der Waals surface area contributed by atoms with Gasteiger partial charge in [0.25, 0.3) is 0 Å². The van der Waals surface area contributed by atoms with Crippen molar-refractivity contribution >= 4 is 14.4 Å². The van der Waals surface area contributed by atoms with Crippen molar-refractivity contribution in [3.63, 3.8) is 0 Å². The molecule has 0 spiro atoms. The Balaban J connectivity index is 0.000000810. The Morgan fingerprint density at radius 2 is 2.20 bits per heavy atom. The van der Waals surface area contributed by atoms with Crippen LogP contribution < -0.4 is 0 Å². The maximum atomic E-state index is 10.2. The molecule has 1 rings (SSSR count). The topological polar surface area (TPSA) is 37.3 Å². The zero-order valence-electron chi connectivity index (χ0n) is 4.79. The summed E-state index contributed by atoms with van der Waals surface area (Å²) >= 11 is 0. The summed E-state index contributed by atoms with van der Waals surface area (Å²) < 4.78 is 0. The highest BCUT2D eigenvalue weighted by Gasteiger charge is 2.10. The maximum absolute atomic E-state index is 10.2. The Kier molecular flexibility index (Phi) is 2.68. The van der Waals surface area contributed by atoms with Crippen molar-refractivity contribution in [2.45, 2.75) is 0 Å². The van der Waals surface area contributed by atoms with Gasteiger partial charge in [-0.1, -0.05) is 18.7 Å². The van der Waals surface area contributed by atoms with Gasteiger partial charge in [0.15, 0.2) is 0 Å². The lowest BCUT2D eigenvalue weighted by atomic mass is 10.2. The van der Waals surface area contributed by atoms with Gasteiger partial charge in [-0.2, -0.15) is 0 Å². The van der Waals surface area contributed by atoms with Crippen molar-refractivity contribution in [1.82, 2.24) is 0 Å². The molecule has 3 heteroatoms. The molecule has 0 atom stereocenters. The molecule has 52 valence electrons. The lowest BCUT2D eigenvalue weighted by Gasteiger charge is -1.92. The summed E-state index contributed by atoms with van der Waals surface area (Å²) in [5.74, 6) is -0.912. The second-order valence-corrected chi connectivity index (χ2v) is 1.77. The normalized spacial score (nSPS) is 14.4. The van der Waals surface area contributed by atoms with Crippen molar-refractivity contribution in [2.75, 3.05) is 0 Å². The lowest BCUT2D eigenvalue weighted by Crippen LogP contribution is -1.98. The average molecular weight is 136 g/mol. The van der Waals surface area contributed by atoms with E-state index in [0.717, 1.165) is 0 Å². The van der Waals surface area contributed by atoms with Crippen LogP contribution >= 0.6 is 0 Å². The Morgan fingerprint density at radius 1 is 1.60 bits per heavy atom. The number of hydrogen-bond donors (Lipinski definition) is 1. The Labute approximate surface area is 61.1 Å². The number of carboxylic acids is 1. The molecule has 0 heterocycles. The molecule has 0 saturated heterocycles. The molecule has 1 aliphatic carbocycles. The largest absolute Gasteiger partial charge is 0.478 e. The number of carboxylic acid groups (broad SMARTS) is 1. The quantitative estimate of drug-likeness (QED) is 0.512. The molecule has 0 aliphatic heterocycles. The Bertz CT molecular complexity index is 226. The molecule has 0 aromatic rings. The summed E-state index contributed by atoms with van der Waals surface area (Å²) in [7, 11) is 0. The molecule has 10 heavy (non-hydrogen) atoms. The minimum atomic E-state index is -0.912. The van der Waals surface area contributed by atoms with E-state index in [9.17, 15) is 4.79 Å². The number of hydrogen-bond acceptors (Lipinski definition) is 1. The zero-order valence-corrected chi connectivity index (χ0v) is 4.79. The number of carbonyl (C=O) groups is 1. The van der Waals surface area contributed by atoms with E-state index in [0.29, 0.717) is 5.57 Å². The van der Waals surface area contributed by atoms with Crippen molar-refractivity contribution in [3.05, 3.63) is 36.0 Å². The highest BCUT2D eigenvalue weighted by atomic mass is 16.4. The van der Waals surface area contributed by atoms with Gasteiger partial charge in [-0.05, 0) is 11.6 Å². The molecule has 0 aromatic heterocycles. The minimum Gasteiger partial charge on any atom is -0.478 e. The highest BCUT2D eigenvalue weighted by molar-refractivity contribution is 5.94. The van der Waals surface area contributed by atoms with Gasteiger partial charge in [0, 0.05) is 0 Å². The van der Waals surface area contributed by atoms with E-state index in [2.05, 4.69) is 6.58 Å². The maximum Gasteiger partial charge on any atom is 0.336 e. The summed E-state index contributed by atoms with van der Waals surface area (Å²) in [4.78, 5) is 10.2. The molecular weight excluding hydrogens is 127 g/mol. The monoisotopic (exact) mass is 136 g/mol. The van der Waals surface area contributed by atoms with Gasteiger partial charge in [-0.3, -0.25) is 0 Å². The average Bonchev–Trinajstić information content (AvgIpc) is 2.13.